The first-order chi connectivity index (χ1) is 28.0. The van der Waals surface area contributed by atoms with Crippen molar-refractivity contribution in [3.05, 3.63) is 24.3 Å². The van der Waals surface area contributed by atoms with E-state index in [-0.39, 0.29) is 18.5 Å². The number of aliphatic hydroxyl groups is 2. The number of carbonyl (C=O) groups is 2. The summed E-state index contributed by atoms with van der Waals surface area (Å²) in [5.74, 6) is -0.0598. The average Bonchev–Trinajstić information content (AvgIpc) is 3.21. The summed E-state index contributed by atoms with van der Waals surface area (Å²) in [6.07, 6.45) is 54.2. The Bertz CT molecular complexity index is 889. The Kier molecular flexibility index (Phi) is 45.7. The molecule has 2 atom stereocenters. The molecule has 2 unspecified atom stereocenters. The zero-order chi connectivity index (χ0) is 41.5. The first-order valence-corrected chi connectivity index (χ1v) is 25.1. The van der Waals surface area contributed by atoms with Crippen molar-refractivity contribution in [3.8, 4) is 0 Å². The van der Waals surface area contributed by atoms with Gasteiger partial charge in [0.15, 0.2) is 0 Å². The van der Waals surface area contributed by atoms with Gasteiger partial charge in [-0.25, -0.2) is 0 Å². The van der Waals surface area contributed by atoms with Gasteiger partial charge < -0.3 is 20.3 Å². The molecule has 0 heterocycles. The van der Waals surface area contributed by atoms with Crippen molar-refractivity contribution in [1.82, 2.24) is 5.32 Å². The standard InChI is InChI=1S/C51H97NO5/c1-3-5-7-9-11-13-15-16-21-25-29-33-37-41-45-51(56)57-46-42-38-34-30-26-22-19-17-18-20-24-28-32-36-40-44-50(55)52-48(47-53)49(54)43-39-35-31-27-23-14-12-10-8-6-4-2/h9,11,15-16,48-49,53-54H,3-8,10,12-14,17-47H2,1-2H3,(H,52,55)/b11-9-,16-15-. The zero-order valence-corrected chi connectivity index (χ0v) is 38.1. The number of aliphatic hydroxyl groups excluding tert-OH is 2. The van der Waals surface area contributed by atoms with Crippen LogP contribution in [0.4, 0.5) is 0 Å². The van der Waals surface area contributed by atoms with E-state index in [0.29, 0.717) is 25.9 Å². The minimum absolute atomic E-state index is 0.0143. The SMILES string of the molecule is CCCC/C=C\C/C=C\CCCCCCCC(=O)OCCCCCCCCCCCCCCCCCC(=O)NC(CO)C(O)CCCCCCCCCCCCC. The summed E-state index contributed by atoms with van der Waals surface area (Å²) in [5, 5.41) is 23.1. The van der Waals surface area contributed by atoms with Gasteiger partial charge in [0.05, 0.1) is 25.4 Å². The van der Waals surface area contributed by atoms with E-state index in [1.54, 1.807) is 0 Å². The number of unbranched alkanes of at least 4 members (excludes halogenated alkanes) is 31. The van der Waals surface area contributed by atoms with Gasteiger partial charge in [-0.2, -0.15) is 0 Å². The van der Waals surface area contributed by atoms with Crippen LogP contribution < -0.4 is 5.32 Å². The number of hydrogen-bond acceptors (Lipinski definition) is 5. The number of amides is 1. The second-order valence-electron chi connectivity index (χ2n) is 17.1. The molecule has 0 saturated carbocycles. The fraction of sp³-hybridized carbons (Fsp3) is 0.882. The highest BCUT2D eigenvalue weighted by Crippen LogP contribution is 2.16. The van der Waals surface area contributed by atoms with Crippen LogP contribution in [0.25, 0.3) is 0 Å². The van der Waals surface area contributed by atoms with Gasteiger partial charge in [0, 0.05) is 12.8 Å². The van der Waals surface area contributed by atoms with E-state index in [0.717, 1.165) is 57.8 Å². The molecule has 0 radical (unpaired) electrons. The molecule has 0 fully saturated rings. The lowest BCUT2D eigenvalue weighted by molar-refractivity contribution is -0.143. The predicted molar refractivity (Wildman–Crippen MR) is 246 cm³/mol. The van der Waals surface area contributed by atoms with Gasteiger partial charge >= 0.3 is 5.97 Å². The van der Waals surface area contributed by atoms with Crippen molar-refractivity contribution in [1.29, 1.82) is 0 Å². The molecule has 0 aliphatic rings. The Hall–Kier alpha value is -1.66. The first-order valence-electron chi connectivity index (χ1n) is 25.1. The number of rotatable bonds is 46. The summed E-state index contributed by atoms with van der Waals surface area (Å²) in [6.45, 7) is 4.87. The second kappa shape index (κ2) is 47.0. The predicted octanol–water partition coefficient (Wildman–Crippen LogP) is 14.7. The number of allylic oxidation sites excluding steroid dienone is 4. The fourth-order valence-electron chi connectivity index (χ4n) is 7.60. The van der Waals surface area contributed by atoms with Crippen LogP contribution in [0, 0.1) is 0 Å². The molecule has 0 aromatic rings. The molecule has 0 saturated heterocycles. The van der Waals surface area contributed by atoms with Crippen molar-refractivity contribution < 1.29 is 24.5 Å². The maximum absolute atomic E-state index is 12.4. The Morgan fingerprint density at radius 3 is 1.39 bits per heavy atom. The molecule has 3 N–H and O–H groups in total. The number of esters is 1. The van der Waals surface area contributed by atoms with Gasteiger partial charge in [-0.05, 0) is 51.4 Å². The molecule has 6 nitrogen and oxygen atoms in total. The van der Waals surface area contributed by atoms with Gasteiger partial charge in [-0.1, -0.05) is 224 Å². The van der Waals surface area contributed by atoms with E-state index in [1.807, 2.05) is 0 Å². The van der Waals surface area contributed by atoms with Crippen LogP contribution in [-0.2, 0) is 14.3 Å². The van der Waals surface area contributed by atoms with Gasteiger partial charge in [-0.15, -0.1) is 0 Å². The summed E-state index contributed by atoms with van der Waals surface area (Å²) in [5.41, 5.74) is 0. The topological polar surface area (TPSA) is 95.9 Å². The maximum atomic E-state index is 12.4. The molecule has 57 heavy (non-hydrogen) atoms. The molecule has 6 heteroatoms. The zero-order valence-electron chi connectivity index (χ0n) is 38.1. The molecule has 0 bridgehead atoms. The largest absolute Gasteiger partial charge is 0.466 e. The monoisotopic (exact) mass is 804 g/mol. The minimum Gasteiger partial charge on any atom is -0.466 e. The Labute approximate surface area is 354 Å². The molecule has 0 rings (SSSR count). The summed E-state index contributed by atoms with van der Waals surface area (Å²) >= 11 is 0. The number of hydrogen-bond donors (Lipinski definition) is 3. The number of nitrogens with one attached hydrogen (secondary N) is 1. The lowest BCUT2D eigenvalue weighted by Crippen LogP contribution is -2.45. The maximum Gasteiger partial charge on any atom is 0.305 e. The molecular formula is C51H97NO5. The molecule has 0 aromatic heterocycles. The van der Waals surface area contributed by atoms with E-state index in [4.69, 9.17) is 4.74 Å². The van der Waals surface area contributed by atoms with Gasteiger partial charge in [0.1, 0.15) is 0 Å². The Morgan fingerprint density at radius 2 is 0.895 bits per heavy atom. The second-order valence-corrected chi connectivity index (χ2v) is 17.1. The molecule has 0 aliphatic carbocycles. The summed E-state index contributed by atoms with van der Waals surface area (Å²) in [4.78, 5) is 24.4. The summed E-state index contributed by atoms with van der Waals surface area (Å²) < 4.78 is 5.45. The smallest absolute Gasteiger partial charge is 0.305 e. The lowest BCUT2D eigenvalue weighted by Gasteiger charge is -2.22. The van der Waals surface area contributed by atoms with Crippen LogP contribution in [0.2, 0.25) is 0 Å². The highest BCUT2D eigenvalue weighted by Gasteiger charge is 2.20. The minimum atomic E-state index is -0.668. The van der Waals surface area contributed by atoms with E-state index < -0.39 is 12.1 Å². The van der Waals surface area contributed by atoms with Crippen LogP contribution >= 0.6 is 0 Å². The number of carbonyl (C=O) groups excluding carboxylic acids is 2. The van der Waals surface area contributed by atoms with Crippen LogP contribution in [0.1, 0.15) is 264 Å². The normalized spacial score (nSPS) is 12.8. The van der Waals surface area contributed by atoms with E-state index in [2.05, 4.69) is 43.5 Å². The number of ether oxygens (including phenoxy) is 1. The molecular weight excluding hydrogens is 707 g/mol. The molecule has 0 aliphatic heterocycles. The third-order valence-electron chi connectivity index (χ3n) is 11.5. The van der Waals surface area contributed by atoms with Crippen LogP contribution in [-0.4, -0.2) is 47.4 Å². The quantitative estimate of drug-likeness (QED) is 0.0324. The third kappa shape index (κ3) is 43.7. The first kappa shape index (κ1) is 55.3. The van der Waals surface area contributed by atoms with E-state index >= 15 is 0 Å². The Balaban J connectivity index is 3.43. The summed E-state index contributed by atoms with van der Waals surface area (Å²) in [7, 11) is 0. The van der Waals surface area contributed by atoms with Gasteiger partial charge in [0.2, 0.25) is 5.91 Å². The van der Waals surface area contributed by atoms with Crippen molar-refractivity contribution in [2.75, 3.05) is 13.2 Å². The average molecular weight is 804 g/mol. The van der Waals surface area contributed by atoms with Gasteiger partial charge in [0.25, 0.3) is 0 Å². The highest BCUT2D eigenvalue weighted by molar-refractivity contribution is 5.76. The van der Waals surface area contributed by atoms with Crippen LogP contribution in [0.15, 0.2) is 24.3 Å². The fourth-order valence-corrected chi connectivity index (χ4v) is 7.60. The summed E-state index contributed by atoms with van der Waals surface area (Å²) in [6, 6.07) is -0.546. The van der Waals surface area contributed by atoms with E-state index in [9.17, 15) is 19.8 Å². The molecule has 336 valence electrons. The van der Waals surface area contributed by atoms with Crippen LogP contribution in [0.3, 0.4) is 0 Å². The lowest BCUT2D eigenvalue weighted by atomic mass is 10.0. The molecule has 0 aromatic carbocycles. The third-order valence-corrected chi connectivity index (χ3v) is 11.5. The molecule has 1 amide bonds. The van der Waals surface area contributed by atoms with Gasteiger partial charge in [-0.3, -0.25) is 9.59 Å². The highest BCUT2D eigenvalue weighted by atomic mass is 16.5. The Morgan fingerprint density at radius 1 is 0.491 bits per heavy atom. The van der Waals surface area contributed by atoms with Crippen molar-refractivity contribution in [2.45, 2.75) is 276 Å². The van der Waals surface area contributed by atoms with Crippen molar-refractivity contribution in [2.24, 2.45) is 0 Å². The molecule has 0 spiro atoms. The van der Waals surface area contributed by atoms with Crippen molar-refractivity contribution in [3.63, 3.8) is 0 Å². The van der Waals surface area contributed by atoms with Crippen molar-refractivity contribution >= 4 is 11.9 Å². The van der Waals surface area contributed by atoms with Crippen LogP contribution in [0.5, 0.6) is 0 Å². The van der Waals surface area contributed by atoms with E-state index in [1.165, 1.54) is 173 Å².